The first-order valence-corrected chi connectivity index (χ1v) is 6.80. The number of imidazole rings is 1. The van der Waals surface area contributed by atoms with Crippen molar-refractivity contribution in [2.75, 3.05) is 18.4 Å². The van der Waals surface area contributed by atoms with Crippen molar-refractivity contribution in [1.29, 1.82) is 0 Å². The second-order valence-electron chi connectivity index (χ2n) is 4.66. The van der Waals surface area contributed by atoms with Gasteiger partial charge in [0, 0.05) is 37.1 Å². The molecule has 0 aliphatic heterocycles. The van der Waals surface area contributed by atoms with Crippen LogP contribution < -0.4 is 10.6 Å². The maximum atomic E-state index is 12.2. The Balaban J connectivity index is 1.99. The van der Waals surface area contributed by atoms with Gasteiger partial charge in [-0.05, 0) is 26.0 Å². The molecule has 1 aromatic heterocycles. The van der Waals surface area contributed by atoms with Gasteiger partial charge in [0.15, 0.2) is 0 Å². The third-order valence-corrected chi connectivity index (χ3v) is 3.02. The molecule has 0 unspecified atom stereocenters. The van der Waals surface area contributed by atoms with Crippen LogP contribution in [0.5, 0.6) is 0 Å². The summed E-state index contributed by atoms with van der Waals surface area (Å²) < 4.78 is 0. The van der Waals surface area contributed by atoms with Crippen molar-refractivity contribution in [2.24, 2.45) is 0 Å². The van der Waals surface area contributed by atoms with Gasteiger partial charge >= 0.3 is 0 Å². The third kappa shape index (κ3) is 3.60. The number of anilines is 1. The summed E-state index contributed by atoms with van der Waals surface area (Å²) in [6.45, 7) is 5.37. The summed E-state index contributed by atoms with van der Waals surface area (Å²) in [5.74, 6) is -0.0517. The third-order valence-electron chi connectivity index (χ3n) is 3.02. The topological polar surface area (TPSA) is 69.8 Å². The van der Waals surface area contributed by atoms with Crippen LogP contribution in [-0.4, -0.2) is 29.0 Å². The molecule has 1 aromatic carbocycles. The summed E-state index contributed by atoms with van der Waals surface area (Å²) in [6, 6.07) is 5.85. The van der Waals surface area contributed by atoms with Crippen LogP contribution in [0.15, 0.2) is 30.7 Å². The lowest BCUT2D eigenvalue weighted by molar-refractivity contribution is 0.0955. The molecular weight excluding hydrogens is 252 g/mol. The number of rotatable bonds is 6. The smallest absolute Gasteiger partial charge is 0.253 e. The second kappa shape index (κ2) is 6.75. The monoisotopic (exact) mass is 272 g/mol. The van der Waals surface area contributed by atoms with Gasteiger partial charge in [-0.2, -0.15) is 0 Å². The molecule has 5 heteroatoms. The van der Waals surface area contributed by atoms with Crippen LogP contribution >= 0.6 is 0 Å². The normalized spacial score (nSPS) is 10.3. The lowest BCUT2D eigenvalue weighted by Gasteiger charge is -2.12. The molecule has 1 heterocycles. The molecule has 0 saturated carbocycles. The lowest BCUT2D eigenvalue weighted by Crippen LogP contribution is -2.26. The minimum Gasteiger partial charge on any atom is -0.385 e. The first kappa shape index (κ1) is 14.1. The van der Waals surface area contributed by atoms with Gasteiger partial charge in [0.05, 0.1) is 11.9 Å². The number of aryl methyl sites for hydroxylation is 1. The number of aromatic amines is 1. The quantitative estimate of drug-likeness (QED) is 0.754. The zero-order valence-corrected chi connectivity index (χ0v) is 11.9. The van der Waals surface area contributed by atoms with Crippen LogP contribution in [0.3, 0.4) is 0 Å². The van der Waals surface area contributed by atoms with Gasteiger partial charge in [0.25, 0.3) is 5.91 Å². The van der Waals surface area contributed by atoms with E-state index in [0.29, 0.717) is 12.1 Å². The average molecular weight is 272 g/mol. The number of carbonyl (C=O) groups is 1. The molecule has 0 radical (unpaired) electrons. The van der Waals surface area contributed by atoms with Gasteiger partial charge in [0.1, 0.15) is 0 Å². The number of hydrogen-bond acceptors (Lipinski definition) is 3. The fourth-order valence-electron chi connectivity index (χ4n) is 2.02. The van der Waals surface area contributed by atoms with E-state index in [2.05, 4.69) is 20.6 Å². The zero-order valence-electron chi connectivity index (χ0n) is 11.9. The maximum absolute atomic E-state index is 12.2. The number of hydrogen-bond donors (Lipinski definition) is 3. The standard InChI is InChI=1S/C15H20N4O/c1-3-17-14-5-4-11(2)8-13(14)15(20)18-7-6-12-9-16-10-19-12/h4-5,8-10,17H,3,6-7H2,1-2H3,(H,16,19)(H,18,20). The minimum atomic E-state index is -0.0517. The predicted molar refractivity (Wildman–Crippen MR) is 80.0 cm³/mol. The molecule has 0 atom stereocenters. The van der Waals surface area contributed by atoms with Crippen LogP contribution in [0.2, 0.25) is 0 Å². The number of amides is 1. The minimum absolute atomic E-state index is 0.0517. The number of carbonyl (C=O) groups excluding carboxylic acids is 1. The van der Waals surface area contributed by atoms with E-state index in [-0.39, 0.29) is 5.91 Å². The lowest BCUT2D eigenvalue weighted by atomic mass is 10.1. The van der Waals surface area contributed by atoms with Crippen LogP contribution in [0, 0.1) is 6.92 Å². The van der Waals surface area contributed by atoms with E-state index in [0.717, 1.165) is 29.9 Å². The molecule has 0 saturated heterocycles. The molecule has 0 fully saturated rings. The largest absolute Gasteiger partial charge is 0.385 e. The van der Waals surface area contributed by atoms with E-state index in [1.165, 1.54) is 0 Å². The summed E-state index contributed by atoms with van der Waals surface area (Å²) in [5.41, 5.74) is 3.65. The number of H-pyrrole nitrogens is 1. The SMILES string of the molecule is CCNc1ccc(C)cc1C(=O)NCCc1cnc[nH]1. The molecule has 5 nitrogen and oxygen atoms in total. The maximum Gasteiger partial charge on any atom is 0.253 e. The highest BCUT2D eigenvalue weighted by molar-refractivity contribution is 5.99. The van der Waals surface area contributed by atoms with E-state index in [4.69, 9.17) is 0 Å². The number of nitrogens with zero attached hydrogens (tertiary/aromatic N) is 1. The van der Waals surface area contributed by atoms with Crippen molar-refractivity contribution in [2.45, 2.75) is 20.3 Å². The molecular formula is C15H20N4O. The molecule has 106 valence electrons. The molecule has 0 bridgehead atoms. The van der Waals surface area contributed by atoms with Gasteiger partial charge in [-0.3, -0.25) is 4.79 Å². The van der Waals surface area contributed by atoms with Crippen molar-refractivity contribution in [3.05, 3.63) is 47.5 Å². The Hall–Kier alpha value is -2.30. The van der Waals surface area contributed by atoms with Gasteiger partial charge < -0.3 is 15.6 Å². The Labute approximate surface area is 118 Å². The van der Waals surface area contributed by atoms with Crippen molar-refractivity contribution in [3.63, 3.8) is 0 Å². The predicted octanol–water partition coefficient (Wildman–Crippen LogP) is 2.12. The highest BCUT2D eigenvalue weighted by atomic mass is 16.1. The van der Waals surface area contributed by atoms with Crippen LogP contribution in [-0.2, 0) is 6.42 Å². The highest BCUT2D eigenvalue weighted by Crippen LogP contribution is 2.17. The van der Waals surface area contributed by atoms with Gasteiger partial charge in [-0.15, -0.1) is 0 Å². The van der Waals surface area contributed by atoms with E-state index < -0.39 is 0 Å². The van der Waals surface area contributed by atoms with E-state index >= 15 is 0 Å². The summed E-state index contributed by atoms with van der Waals surface area (Å²) in [5, 5.41) is 6.15. The number of aromatic nitrogens is 2. The molecule has 2 rings (SSSR count). The number of benzene rings is 1. The molecule has 0 aliphatic rings. The van der Waals surface area contributed by atoms with Crippen LogP contribution in [0.1, 0.15) is 28.5 Å². The molecule has 0 spiro atoms. The van der Waals surface area contributed by atoms with Gasteiger partial charge in [-0.25, -0.2) is 4.98 Å². The first-order chi connectivity index (χ1) is 9.70. The Morgan fingerprint density at radius 1 is 1.40 bits per heavy atom. The van der Waals surface area contributed by atoms with E-state index in [9.17, 15) is 4.79 Å². The van der Waals surface area contributed by atoms with Crippen molar-refractivity contribution < 1.29 is 4.79 Å². The fourth-order valence-corrected chi connectivity index (χ4v) is 2.02. The fraction of sp³-hybridized carbons (Fsp3) is 0.333. The Kier molecular flexibility index (Phi) is 4.76. The summed E-state index contributed by atoms with van der Waals surface area (Å²) in [6.07, 6.45) is 4.15. The summed E-state index contributed by atoms with van der Waals surface area (Å²) in [7, 11) is 0. The average Bonchev–Trinajstić information content (AvgIpc) is 2.94. The van der Waals surface area contributed by atoms with Gasteiger partial charge in [0.2, 0.25) is 0 Å². The summed E-state index contributed by atoms with van der Waals surface area (Å²) in [4.78, 5) is 19.2. The van der Waals surface area contributed by atoms with E-state index in [1.807, 2.05) is 32.0 Å². The zero-order chi connectivity index (χ0) is 14.4. The second-order valence-corrected chi connectivity index (χ2v) is 4.66. The van der Waals surface area contributed by atoms with Crippen molar-refractivity contribution in [3.8, 4) is 0 Å². The summed E-state index contributed by atoms with van der Waals surface area (Å²) >= 11 is 0. The van der Waals surface area contributed by atoms with Crippen molar-refractivity contribution in [1.82, 2.24) is 15.3 Å². The Morgan fingerprint density at radius 2 is 2.25 bits per heavy atom. The molecule has 20 heavy (non-hydrogen) atoms. The number of nitrogens with one attached hydrogen (secondary N) is 3. The Bertz CT molecular complexity index is 563. The highest BCUT2D eigenvalue weighted by Gasteiger charge is 2.10. The molecule has 0 aliphatic carbocycles. The molecule has 3 N–H and O–H groups in total. The van der Waals surface area contributed by atoms with Crippen LogP contribution in [0.25, 0.3) is 0 Å². The molecule has 2 aromatic rings. The van der Waals surface area contributed by atoms with Crippen molar-refractivity contribution >= 4 is 11.6 Å². The van der Waals surface area contributed by atoms with Crippen LogP contribution in [0.4, 0.5) is 5.69 Å². The first-order valence-electron chi connectivity index (χ1n) is 6.80. The van der Waals surface area contributed by atoms with E-state index in [1.54, 1.807) is 12.5 Å². The Morgan fingerprint density at radius 3 is 2.95 bits per heavy atom. The van der Waals surface area contributed by atoms with Gasteiger partial charge in [-0.1, -0.05) is 11.6 Å². The molecule has 1 amide bonds.